The van der Waals surface area contributed by atoms with Crippen molar-refractivity contribution < 1.29 is 4.79 Å². The molecule has 140 valence electrons. The van der Waals surface area contributed by atoms with E-state index >= 15 is 0 Å². The summed E-state index contributed by atoms with van der Waals surface area (Å²) in [4.78, 5) is 18.3. The van der Waals surface area contributed by atoms with Crippen LogP contribution in [0.1, 0.15) is 27.9 Å². The molecular weight excluding hydrogens is 390 g/mol. The van der Waals surface area contributed by atoms with Crippen LogP contribution in [-0.2, 0) is 6.54 Å². The number of allylic oxidation sites excluding steroid dienone is 1. The van der Waals surface area contributed by atoms with Gasteiger partial charge >= 0.3 is 0 Å². The SMILES string of the molecule is C=C(C)c1cc(-c2ccccc2)cn2c(Cl)c(C(=O)NCc3cccs3)nc12. The lowest BCUT2D eigenvalue weighted by atomic mass is 10.0. The third-order valence-corrected chi connectivity index (χ3v) is 5.68. The Kier molecular flexibility index (Phi) is 5.03. The van der Waals surface area contributed by atoms with Gasteiger partial charge in [-0.2, -0.15) is 0 Å². The number of nitrogens with one attached hydrogen (secondary N) is 1. The summed E-state index contributed by atoms with van der Waals surface area (Å²) >= 11 is 8.15. The molecule has 0 radical (unpaired) electrons. The van der Waals surface area contributed by atoms with E-state index in [0.717, 1.165) is 27.1 Å². The number of nitrogens with zero attached hydrogens (tertiary/aromatic N) is 2. The van der Waals surface area contributed by atoms with Crippen LogP contribution < -0.4 is 5.32 Å². The minimum atomic E-state index is -0.295. The second-order valence-electron chi connectivity index (χ2n) is 6.50. The molecule has 6 heteroatoms. The fraction of sp³-hybridized carbons (Fsp3) is 0.0909. The van der Waals surface area contributed by atoms with Gasteiger partial charge in [0.05, 0.1) is 6.54 Å². The molecule has 0 bridgehead atoms. The molecule has 0 aliphatic rings. The van der Waals surface area contributed by atoms with Crippen LogP contribution >= 0.6 is 22.9 Å². The molecule has 4 aromatic rings. The first-order valence-corrected chi connectivity index (χ1v) is 10.0. The zero-order chi connectivity index (χ0) is 19.7. The largest absolute Gasteiger partial charge is 0.346 e. The van der Waals surface area contributed by atoms with E-state index in [0.29, 0.717) is 17.3 Å². The molecule has 3 aromatic heterocycles. The molecule has 1 amide bonds. The molecule has 4 rings (SSSR count). The van der Waals surface area contributed by atoms with Crippen LogP contribution in [-0.4, -0.2) is 15.3 Å². The van der Waals surface area contributed by atoms with Gasteiger partial charge in [-0.1, -0.05) is 54.6 Å². The maximum Gasteiger partial charge on any atom is 0.273 e. The van der Waals surface area contributed by atoms with E-state index in [-0.39, 0.29) is 11.6 Å². The average Bonchev–Trinajstić information content (AvgIpc) is 3.34. The number of amides is 1. The number of thiophene rings is 1. The number of hydrogen-bond acceptors (Lipinski definition) is 3. The van der Waals surface area contributed by atoms with Gasteiger partial charge in [-0.3, -0.25) is 9.20 Å². The molecule has 28 heavy (non-hydrogen) atoms. The Bertz CT molecular complexity index is 1160. The Hall–Kier alpha value is -2.89. The number of imidazole rings is 1. The lowest BCUT2D eigenvalue weighted by Crippen LogP contribution is -2.23. The van der Waals surface area contributed by atoms with Crippen LogP contribution in [0.25, 0.3) is 22.3 Å². The van der Waals surface area contributed by atoms with E-state index in [1.165, 1.54) is 0 Å². The first kappa shape index (κ1) is 18.5. The third-order valence-electron chi connectivity index (χ3n) is 4.45. The molecule has 1 aromatic carbocycles. The quantitative estimate of drug-likeness (QED) is 0.462. The minimum Gasteiger partial charge on any atom is -0.346 e. The zero-order valence-electron chi connectivity index (χ0n) is 15.3. The number of benzene rings is 1. The van der Waals surface area contributed by atoms with E-state index in [1.807, 2.05) is 67.0 Å². The molecule has 0 unspecified atom stereocenters. The van der Waals surface area contributed by atoms with Crippen LogP contribution in [0.4, 0.5) is 0 Å². The fourth-order valence-corrected chi connectivity index (χ4v) is 3.93. The molecule has 0 aliphatic carbocycles. The fourth-order valence-electron chi connectivity index (χ4n) is 3.03. The molecule has 0 spiro atoms. The topological polar surface area (TPSA) is 46.4 Å². The molecule has 1 N–H and O–H groups in total. The maximum absolute atomic E-state index is 12.7. The number of pyridine rings is 1. The Labute approximate surface area is 172 Å². The van der Waals surface area contributed by atoms with Gasteiger partial charge < -0.3 is 5.32 Å². The molecule has 0 fully saturated rings. The summed E-state index contributed by atoms with van der Waals surface area (Å²) in [5.41, 5.74) is 4.59. The number of carbonyl (C=O) groups is 1. The highest BCUT2D eigenvalue weighted by Gasteiger charge is 2.20. The van der Waals surface area contributed by atoms with Gasteiger partial charge in [-0.05, 0) is 41.1 Å². The summed E-state index contributed by atoms with van der Waals surface area (Å²) in [5.74, 6) is -0.295. The number of fused-ring (bicyclic) bond motifs is 1. The Morgan fingerprint density at radius 3 is 2.68 bits per heavy atom. The van der Waals surface area contributed by atoms with E-state index in [9.17, 15) is 4.79 Å². The summed E-state index contributed by atoms with van der Waals surface area (Å²) in [6.07, 6.45) is 1.91. The van der Waals surface area contributed by atoms with Gasteiger partial charge in [0.15, 0.2) is 5.69 Å². The van der Waals surface area contributed by atoms with E-state index < -0.39 is 0 Å². The van der Waals surface area contributed by atoms with E-state index in [2.05, 4.69) is 16.9 Å². The van der Waals surface area contributed by atoms with Gasteiger partial charge in [0, 0.05) is 16.6 Å². The minimum absolute atomic E-state index is 0.214. The second-order valence-corrected chi connectivity index (χ2v) is 7.89. The van der Waals surface area contributed by atoms with Crippen LogP contribution in [0.3, 0.4) is 0 Å². The number of halogens is 1. The molecule has 0 saturated heterocycles. The lowest BCUT2D eigenvalue weighted by molar-refractivity contribution is 0.0947. The number of aromatic nitrogens is 2. The van der Waals surface area contributed by atoms with Crippen molar-refractivity contribution in [3.63, 3.8) is 0 Å². The summed E-state index contributed by atoms with van der Waals surface area (Å²) < 4.78 is 1.76. The molecule has 4 nitrogen and oxygen atoms in total. The molecular formula is C22H18ClN3OS. The van der Waals surface area contributed by atoms with E-state index in [4.69, 9.17) is 11.6 Å². The van der Waals surface area contributed by atoms with Gasteiger partial charge in [-0.15, -0.1) is 11.3 Å². The van der Waals surface area contributed by atoms with E-state index in [1.54, 1.807) is 15.7 Å². The molecule has 0 atom stereocenters. The third kappa shape index (κ3) is 3.46. The first-order valence-electron chi connectivity index (χ1n) is 8.78. The van der Waals surface area contributed by atoms with Crippen molar-refractivity contribution in [3.8, 4) is 11.1 Å². The van der Waals surface area contributed by atoms with Gasteiger partial charge in [0.25, 0.3) is 5.91 Å². The Balaban J connectivity index is 1.77. The van der Waals surface area contributed by atoms with Gasteiger partial charge in [0.2, 0.25) is 0 Å². The number of carbonyl (C=O) groups excluding carboxylic acids is 1. The van der Waals surface area contributed by atoms with Crippen molar-refractivity contribution in [3.05, 3.63) is 88.0 Å². The highest BCUT2D eigenvalue weighted by molar-refractivity contribution is 7.09. The lowest BCUT2D eigenvalue weighted by Gasteiger charge is -2.08. The van der Waals surface area contributed by atoms with Crippen molar-refractivity contribution in [2.45, 2.75) is 13.5 Å². The predicted molar refractivity (Wildman–Crippen MR) is 116 cm³/mol. The van der Waals surface area contributed by atoms with Crippen LogP contribution in [0.2, 0.25) is 5.15 Å². The Morgan fingerprint density at radius 1 is 1.21 bits per heavy atom. The summed E-state index contributed by atoms with van der Waals surface area (Å²) in [6.45, 7) is 6.44. The summed E-state index contributed by atoms with van der Waals surface area (Å²) in [7, 11) is 0. The summed E-state index contributed by atoms with van der Waals surface area (Å²) in [5, 5.41) is 5.15. The van der Waals surface area contributed by atoms with Gasteiger partial charge in [-0.25, -0.2) is 4.98 Å². The maximum atomic E-state index is 12.7. The van der Waals surface area contributed by atoms with Crippen molar-refractivity contribution >= 4 is 40.1 Å². The number of hydrogen-bond donors (Lipinski definition) is 1. The summed E-state index contributed by atoms with van der Waals surface area (Å²) in [6, 6.07) is 16.0. The highest BCUT2D eigenvalue weighted by atomic mass is 35.5. The molecule has 0 saturated carbocycles. The van der Waals surface area contributed by atoms with Crippen molar-refractivity contribution in [2.75, 3.05) is 0 Å². The van der Waals surface area contributed by atoms with Crippen molar-refractivity contribution in [1.82, 2.24) is 14.7 Å². The Morgan fingerprint density at radius 2 is 2.00 bits per heavy atom. The van der Waals surface area contributed by atoms with Crippen LogP contribution in [0.5, 0.6) is 0 Å². The van der Waals surface area contributed by atoms with Crippen LogP contribution in [0.15, 0.2) is 66.7 Å². The van der Waals surface area contributed by atoms with Gasteiger partial charge in [0.1, 0.15) is 10.8 Å². The standard InChI is InChI=1S/C22H18ClN3OS/c1-14(2)18-11-16(15-7-4-3-5-8-15)13-26-20(23)19(25-21(18)26)22(27)24-12-17-9-6-10-28-17/h3-11,13H,1,12H2,2H3,(H,24,27). The smallest absolute Gasteiger partial charge is 0.273 e. The number of rotatable bonds is 5. The molecule has 3 heterocycles. The van der Waals surface area contributed by atoms with Crippen molar-refractivity contribution in [1.29, 1.82) is 0 Å². The monoisotopic (exact) mass is 407 g/mol. The molecule has 0 aliphatic heterocycles. The predicted octanol–water partition coefficient (Wildman–Crippen LogP) is 5.68. The normalized spacial score (nSPS) is 10.9. The van der Waals surface area contributed by atoms with Crippen molar-refractivity contribution in [2.24, 2.45) is 0 Å². The zero-order valence-corrected chi connectivity index (χ0v) is 16.8. The van der Waals surface area contributed by atoms with Crippen LogP contribution in [0, 0.1) is 0 Å². The second kappa shape index (κ2) is 7.62. The highest BCUT2D eigenvalue weighted by Crippen LogP contribution is 2.30. The average molecular weight is 408 g/mol. The first-order chi connectivity index (χ1) is 13.5.